The fourth-order valence-corrected chi connectivity index (χ4v) is 5.35. The number of ether oxygens (including phenoxy) is 1. The molecule has 1 aromatic rings. The van der Waals surface area contributed by atoms with E-state index in [-0.39, 0.29) is 12.5 Å². The van der Waals surface area contributed by atoms with Crippen LogP contribution in [0.2, 0.25) is 0 Å². The van der Waals surface area contributed by atoms with Crippen LogP contribution in [-0.2, 0) is 14.8 Å². The molecule has 0 saturated heterocycles. The van der Waals surface area contributed by atoms with E-state index in [4.69, 9.17) is 4.74 Å². The Balaban J connectivity index is 1.56. The summed E-state index contributed by atoms with van der Waals surface area (Å²) in [4.78, 5) is 12.3. The van der Waals surface area contributed by atoms with E-state index in [0.717, 1.165) is 12.3 Å². The molecule has 2 bridgehead atoms. The van der Waals surface area contributed by atoms with Crippen LogP contribution in [-0.4, -0.2) is 40.3 Å². The second-order valence-corrected chi connectivity index (χ2v) is 9.37. The zero-order valence-electron chi connectivity index (χ0n) is 15.5. The number of carbonyl (C=O) groups excluding carboxylic acids is 1. The number of carbonyl (C=O) groups is 1. The number of fused-ring (bicyclic) bond motifs is 2. The molecule has 2 fully saturated rings. The number of amides is 1. The molecule has 2 aliphatic rings. The van der Waals surface area contributed by atoms with Crippen molar-refractivity contribution in [2.24, 2.45) is 11.8 Å². The predicted octanol–water partition coefficient (Wildman–Crippen LogP) is 2.55. The first-order chi connectivity index (χ1) is 12.4. The monoisotopic (exact) mass is 380 g/mol. The van der Waals surface area contributed by atoms with Gasteiger partial charge in [0.2, 0.25) is 15.9 Å². The lowest BCUT2D eigenvalue weighted by Crippen LogP contribution is -2.39. The highest BCUT2D eigenvalue weighted by atomic mass is 32.2. The molecule has 1 aromatic carbocycles. The lowest BCUT2D eigenvalue weighted by atomic mass is 9.95. The molecule has 2 saturated carbocycles. The van der Waals surface area contributed by atoms with Crippen LogP contribution >= 0.6 is 0 Å². The SMILES string of the molecule is COc1ccccc1N(CCCC(=O)N[C@@H]1C[C@@H]2CC[C@@H]1C2)S(C)(=O)=O. The molecule has 0 spiro atoms. The van der Waals surface area contributed by atoms with E-state index >= 15 is 0 Å². The van der Waals surface area contributed by atoms with Crippen molar-refractivity contribution in [2.45, 2.75) is 44.6 Å². The first-order valence-corrected chi connectivity index (χ1v) is 11.1. The summed E-state index contributed by atoms with van der Waals surface area (Å²) in [6, 6.07) is 7.34. The molecule has 1 N–H and O–H groups in total. The molecule has 1 amide bonds. The third-order valence-corrected chi connectivity index (χ3v) is 6.78. The van der Waals surface area contributed by atoms with Crippen LogP contribution in [0.3, 0.4) is 0 Å². The number of rotatable bonds is 8. The van der Waals surface area contributed by atoms with Gasteiger partial charge in [-0.2, -0.15) is 0 Å². The zero-order valence-corrected chi connectivity index (χ0v) is 16.3. The molecule has 144 valence electrons. The maximum Gasteiger partial charge on any atom is 0.232 e. The van der Waals surface area contributed by atoms with Gasteiger partial charge in [0.15, 0.2) is 0 Å². The van der Waals surface area contributed by atoms with E-state index in [1.807, 2.05) is 0 Å². The Morgan fingerprint density at radius 2 is 2.04 bits per heavy atom. The van der Waals surface area contributed by atoms with Gasteiger partial charge < -0.3 is 10.1 Å². The van der Waals surface area contributed by atoms with E-state index in [1.54, 1.807) is 24.3 Å². The highest BCUT2D eigenvalue weighted by Crippen LogP contribution is 2.44. The number of nitrogens with one attached hydrogen (secondary N) is 1. The van der Waals surface area contributed by atoms with Crippen molar-refractivity contribution in [1.82, 2.24) is 5.32 Å². The van der Waals surface area contributed by atoms with Gasteiger partial charge in [-0.1, -0.05) is 18.6 Å². The van der Waals surface area contributed by atoms with Gasteiger partial charge in [0, 0.05) is 19.0 Å². The quantitative estimate of drug-likeness (QED) is 0.752. The Morgan fingerprint density at radius 1 is 1.27 bits per heavy atom. The summed E-state index contributed by atoms with van der Waals surface area (Å²) in [5, 5.41) is 3.15. The van der Waals surface area contributed by atoms with Crippen LogP contribution in [0, 0.1) is 11.8 Å². The van der Waals surface area contributed by atoms with Gasteiger partial charge >= 0.3 is 0 Å². The lowest BCUT2D eigenvalue weighted by molar-refractivity contribution is -0.122. The van der Waals surface area contributed by atoms with Gasteiger partial charge in [-0.15, -0.1) is 0 Å². The van der Waals surface area contributed by atoms with Crippen molar-refractivity contribution in [2.75, 3.05) is 24.2 Å². The third kappa shape index (κ3) is 4.31. The molecule has 0 heterocycles. The molecule has 0 aromatic heterocycles. The molecule has 0 unspecified atom stereocenters. The molecule has 0 aliphatic heterocycles. The Kier molecular flexibility index (Phi) is 5.75. The average Bonchev–Trinajstić information content (AvgIpc) is 3.20. The van der Waals surface area contributed by atoms with Gasteiger partial charge in [0.25, 0.3) is 0 Å². The Hall–Kier alpha value is -1.76. The zero-order chi connectivity index (χ0) is 18.7. The second-order valence-electron chi connectivity index (χ2n) is 7.46. The summed E-state index contributed by atoms with van der Waals surface area (Å²) in [5.74, 6) is 1.96. The molecular weight excluding hydrogens is 352 g/mol. The van der Waals surface area contributed by atoms with Crippen LogP contribution < -0.4 is 14.4 Å². The van der Waals surface area contributed by atoms with Gasteiger partial charge in [0.1, 0.15) is 5.75 Å². The van der Waals surface area contributed by atoms with Crippen LogP contribution in [0.4, 0.5) is 5.69 Å². The number of sulfonamides is 1. The predicted molar refractivity (Wildman–Crippen MR) is 102 cm³/mol. The molecule has 2 aliphatic carbocycles. The Labute approximate surface area is 156 Å². The standard InChI is InChI=1S/C19H28N2O4S/c1-25-18-7-4-3-6-17(18)21(26(2,23)24)11-5-8-19(22)20-16-13-14-9-10-15(16)12-14/h3-4,6-7,14-16H,5,8-13H2,1-2H3,(H,20,22)/t14-,15-,16-/m1/s1. The summed E-state index contributed by atoms with van der Waals surface area (Å²) in [7, 11) is -1.94. The summed E-state index contributed by atoms with van der Waals surface area (Å²) in [6.45, 7) is 0.253. The highest BCUT2D eigenvalue weighted by molar-refractivity contribution is 7.92. The minimum atomic E-state index is -3.46. The number of hydrogen-bond acceptors (Lipinski definition) is 4. The smallest absolute Gasteiger partial charge is 0.232 e. The third-order valence-electron chi connectivity index (χ3n) is 5.60. The van der Waals surface area contributed by atoms with Gasteiger partial charge in [-0.3, -0.25) is 9.10 Å². The van der Waals surface area contributed by atoms with E-state index < -0.39 is 10.0 Å². The summed E-state index contributed by atoms with van der Waals surface area (Å²) >= 11 is 0. The minimum Gasteiger partial charge on any atom is -0.495 e. The number of anilines is 1. The Morgan fingerprint density at radius 3 is 2.65 bits per heavy atom. The number of hydrogen-bond donors (Lipinski definition) is 1. The minimum absolute atomic E-state index is 0.0241. The van der Waals surface area contributed by atoms with E-state index in [2.05, 4.69) is 5.32 Å². The van der Waals surface area contributed by atoms with Crippen molar-refractivity contribution in [3.05, 3.63) is 24.3 Å². The number of para-hydroxylation sites is 2. The van der Waals surface area contributed by atoms with Crippen molar-refractivity contribution < 1.29 is 17.9 Å². The number of methoxy groups -OCH3 is 1. The number of benzene rings is 1. The lowest BCUT2D eigenvalue weighted by Gasteiger charge is -2.25. The van der Waals surface area contributed by atoms with Crippen LogP contribution in [0.5, 0.6) is 5.75 Å². The maximum absolute atomic E-state index is 12.3. The largest absolute Gasteiger partial charge is 0.495 e. The average molecular weight is 381 g/mol. The Bertz CT molecular complexity index is 750. The number of nitrogens with zero attached hydrogens (tertiary/aromatic N) is 1. The van der Waals surface area contributed by atoms with Crippen molar-refractivity contribution in [3.63, 3.8) is 0 Å². The van der Waals surface area contributed by atoms with Crippen LogP contribution in [0.15, 0.2) is 24.3 Å². The molecule has 7 heteroatoms. The van der Waals surface area contributed by atoms with E-state index in [9.17, 15) is 13.2 Å². The van der Waals surface area contributed by atoms with Gasteiger partial charge in [0.05, 0.1) is 19.1 Å². The maximum atomic E-state index is 12.3. The molecular formula is C19H28N2O4S. The summed E-state index contributed by atoms with van der Waals surface area (Å²) in [6.07, 6.45) is 6.86. The molecule has 0 radical (unpaired) electrons. The highest BCUT2D eigenvalue weighted by Gasteiger charge is 2.39. The fraction of sp³-hybridized carbons (Fsp3) is 0.632. The van der Waals surface area contributed by atoms with E-state index in [0.29, 0.717) is 36.2 Å². The van der Waals surface area contributed by atoms with E-state index in [1.165, 1.54) is 36.9 Å². The van der Waals surface area contributed by atoms with Crippen molar-refractivity contribution in [3.8, 4) is 5.75 Å². The summed E-state index contributed by atoms with van der Waals surface area (Å²) in [5.41, 5.74) is 0.506. The van der Waals surface area contributed by atoms with Crippen molar-refractivity contribution in [1.29, 1.82) is 0 Å². The molecule has 3 rings (SSSR count). The summed E-state index contributed by atoms with van der Waals surface area (Å²) < 4.78 is 31.0. The van der Waals surface area contributed by atoms with Crippen molar-refractivity contribution >= 4 is 21.6 Å². The first-order valence-electron chi connectivity index (χ1n) is 9.28. The molecule has 6 nitrogen and oxygen atoms in total. The molecule has 3 atom stereocenters. The fourth-order valence-electron chi connectivity index (χ4n) is 4.38. The van der Waals surface area contributed by atoms with Crippen LogP contribution in [0.1, 0.15) is 38.5 Å². The first kappa shape index (κ1) is 19.0. The normalized spacial score (nSPS) is 24.5. The van der Waals surface area contributed by atoms with Gasteiger partial charge in [-0.25, -0.2) is 8.42 Å². The molecule has 26 heavy (non-hydrogen) atoms. The van der Waals surface area contributed by atoms with Gasteiger partial charge in [-0.05, 0) is 49.7 Å². The second kappa shape index (κ2) is 7.86. The topological polar surface area (TPSA) is 75.7 Å². The van der Waals surface area contributed by atoms with Crippen LogP contribution in [0.25, 0.3) is 0 Å².